The third-order valence-corrected chi connectivity index (χ3v) is 0. The van der Waals surface area contributed by atoms with Gasteiger partial charge in [-0.25, -0.2) is 0 Å². The van der Waals surface area contributed by atoms with Gasteiger partial charge in [-0.3, -0.25) is 0 Å². The Bertz CT molecular complexity index is 8.75. The van der Waals surface area contributed by atoms with Gasteiger partial charge >= 0.3 is 90.4 Å². The smallest absolute Gasteiger partial charge is 1.00 e. The summed E-state index contributed by atoms with van der Waals surface area (Å²) in [4.78, 5) is 0. The van der Waals surface area contributed by atoms with E-state index in [9.17, 15) is 0 Å². The first-order valence-electron chi connectivity index (χ1n) is 0.267. The molecule has 0 aromatic heterocycles. The molecular formula is Cl3Hg2Na. The Kier molecular flexibility index (Phi) is 207. The van der Waals surface area contributed by atoms with Crippen LogP contribution in [0.15, 0.2) is 0 Å². The molecule has 0 bridgehead atoms. The van der Waals surface area contributed by atoms with Gasteiger partial charge in [-0.05, 0) is 0 Å². The van der Waals surface area contributed by atoms with Crippen molar-refractivity contribution in [3.05, 3.63) is 0 Å². The first kappa shape index (κ1) is 33.1. The molecule has 0 saturated carbocycles. The van der Waals surface area contributed by atoms with Gasteiger partial charge in [-0.1, -0.05) is 0 Å². The van der Waals surface area contributed by atoms with E-state index in [1.54, 1.807) is 0 Å². The van der Waals surface area contributed by atoms with Crippen molar-refractivity contribution in [3.8, 4) is 0 Å². The summed E-state index contributed by atoms with van der Waals surface area (Å²) in [6.45, 7) is 0. The van der Waals surface area contributed by atoms with E-state index in [1.807, 2.05) is 0 Å². The molecule has 0 rings (SSSR count). The predicted molar refractivity (Wildman–Crippen MR) is 5.85 cm³/mol. The second-order valence-corrected chi connectivity index (χ2v) is 0. The minimum Gasteiger partial charge on any atom is 1.00 e. The molecule has 6 heteroatoms. The summed E-state index contributed by atoms with van der Waals surface area (Å²) in [5.41, 5.74) is 0. The molecule has 0 unspecified atom stereocenters. The van der Waals surface area contributed by atoms with Crippen LogP contribution < -0.4 is 54.4 Å². The van der Waals surface area contributed by atoms with Crippen molar-refractivity contribution in [2.45, 2.75) is 0 Å². The average molecular weight is 531 g/mol. The Balaban J connectivity index is -0.000000000833. The minimum atomic E-state index is 0. The molecule has 0 spiro atoms. The van der Waals surface area contributed by atoms with Gasteiger partial charge in [0, 0.05) is 0 Å². The largest absolute Gasteiger partial charge is 1.00 e. The summed E-state index contributed by atoms with van der Waals surface area (Å²) >= 11 is 0.500. The van der Waals surface area contributed by atoms with Crippen molar-refractivity contribution < 1.29 is 107 Å². The molecule has 0 aliphatic heterocycles. The fraction of sp³-hybridized carbons (Fsp3) is 0. The van der Waals surface area contributed by atoms with Gasteiger partial charge in [-0.15, -0.1) is 0 Å². The van der Waals surface area contributed by atoms with Crippen molar-refractivity contribution in [1.82, 2.24) is 0 Å². The van der Waals surface area contributed by atoms with Crippen LogP contribution >= 0.6 is 8.25 Å². The van der Waals surface area contributed by atoms with Crippen molar-refractivity contribution in [2.75, 3.05) is 0 Å². The zero-order chi connectivity index (χ0) is 2.00. The maximum atomic E-state index is 4.83. The normalized spacial score (nSPS) is 1.17. The molecule has 0 N–H and O–H groups in total. The van der Waals surface area contributed by atoms with Crippen LogP contribution in [0.5, 0.6) is 0 Å². The molecule has 0 aromatic rings. The number of halogens is 3. The number of hydrogen-bond acceptors (Lipinski definition) is 0. The van der Waals surface area contributed by atoms with Crippen LogP contribution in [0.25, 0.3) is 0 Å². The van der Waals surface area contributed by atoms with E-state index in [-0.39, 0.29) is 82.0 Å². The summed E-state index contributed by atoms with van der Waals surface area (Å²) in [6, 6.07) is 0. The molecule has 1 radical (unpaired) electrons. The molecule has 0 fully saturated rings. The quantitative estimate of drug-likeness (QED) is 0.273. The topological polar surface area (TPSA) is 0 Å². The van der Waals surface area contributed by atoms with Crippen LogP contribution in [0, 0.1) is 0 Å². The summed E-state index contributed by atoms with van der Waals surface area (Å²) in [5, 5.41) is 0. The van der Waals surface area contributed by atoms with Crippen molar-refractivity contribution in [1.29, 1.82) is 0 Å². The van der Waals surface area contributed by atoms with E-state index in [2.05, 4.69) is 0 Å². The molecule has 0 amide bonds. The van der Waals surface area contributed by atoms with Crippen molar-refractivity contribution >= 4 is 8.25 Å². The first-order valence-corrected chi connectivity index (χ1v) is 7.04. The van der Waals surface area contributed by atoms with Gasteiger partial charge in [0.1, 0.15) is 0 Å². The molecule has 6 heavy (non-hydrogen) atoms. The van der Waals surface area contributed by atoms with E-state index in [4.69, 9.17) is 8.25 Å². The Labute approximate surface area is 113 Å². The van der Waals surface area contributed by atoms with Gasteiger partial charge in [0.15, 0.2) is 0 Å². The van der Waals surface area contributed by atoms with Crippen LogP contribution in [0.3, 0.4) is 0 Å². The Morgan fingerprint density at radius 1 is 1.00 bits per heavy atom. The van der Waals surface area contributed by atoms with Gasteiger partial charge in [-0.2, -0.15) is 0 Å². The first-order chi connectivity index (χ1) is 1.00. The maximum Gasteiger partial charge on any atom is 1.00 e. The standard InChI is InChI=1S/3ClH.2Hg.Na/h3*1H;;;/q;;;3*+1/p-3. The van der Waals surface area contributed by atoms with E-state index in [0.29, 0.717) is 24.9 Å². The maximum absolute atomic E-state index is 4.83. The van der Waals surface area contributed by atoms with Gasteiger partial charge in [0.2, 0.25) is 0 Å². The minimum absolute atomic E-state index is 0. The van der Waals surface area contributed by atoms with Gasteiger partial charge in [0.05, 0.1) is 0 Å². The average Bonchev–Trinajstić information content (AvgIpc) is 1.00. The fourth-order valence-corrected chi connectivity index (χ4v) is 0. The second-order valence-electron chi connectivity index (χ2n) is 0. The summed E-state index contributed by atoms with van der Waals surface area (Å²) in [6.07, 6.45) is 0. The molecule has 0 heterocycles. The van der Waals surface area contributed by atoms with E-state index >= 15 is 0 Å². The third-order valence-electron chi connectivity index (χ3n) is 0. The second kappa shape index (κ2) is 37.4. The Morgan fingerprint density at radius 3 is 1.00 bits per heavy atom. The monoisotopic (exact) mass is 532 g/mol. The van der Waals surface area contributed by atoms with Crippen LogP contribution in [-0.4, -0.2) is 0 Å². The summed E-state index contributed by atoms with van der Waals surface area (Å²) < 4.78 is 0. The predicted octanol–water partition coefficient (Wildman–Crippen LogP) is -8.30. The molecule has 0 saturated heterocycles. The summed E-state index contributed by atoms with van der Waals surface area (Å²) in [7, 11) is 4.83. The van der Waals surface area contributed by atoms with E-state index in [1.165, 1.54) is 0 Å². The fourth-order valence-electron chi connectivity index (χ4n) is 0. The SMILES string of the molecule is [Cl-].[Cl-].[Cl][Hg].[Hg+].[Na+]. The molecule has 26 valence electrons. The van der Waals surface area contributed by atoms with Crippen LogP contribution in [0.4, 0.5) is 0 Å². The third kappa shape index (κ3) is 25.1. The summed E-state index contributed by atoms with van der Waals surface area (Å²) in [5.74, 6) is 0. The Morgan fingerprint density at radius 2 is 1.00 bits per heavy atom. The Hall–Kier alpha value is 3.74. The van der Waals surface area contributed by atoms with Gasteiger partial charge < -0.3 is 24.8 Å². The molecular weight excluding hydrogens is 531 g/mol. The van der Waals surface area contributed by atoms with Crippen molar-refractivity contribution in [2.24, 2.45) is 0 Å². The number of hydrogen-bond donors (Lipinski definition) is 0. The molecule has 0 nitrogen and oxygen atoms in total. The zero-order valence-corrected chi connectivity index (χ0v) is 18.8. The molecule has 0 aromatic carbocycles. The molecule has 0 aliphatic carbocycles. The molecule has 0 atom stereocenters. The number of rotatable bonds is 0. The van der Waals surface area contributed by atoms with Gasteiger partial charge in [0.25, 0.3) is 0 Å². The van der Waals surface area contributed by atoms with E-state index < -0.39 is 0 Å². The van der Waals surface area contributed by atoms with Crippen LogP contribution in [0.2, 0.25) is 0 Å². The van der Waals surface area contributed by atoms with Crippen LogP contribution in [0.1, 0.15) is 0 Å². The zero-order valence-electron chi connectivity index (χ0n) is 3.55. The molecule has 0 aliphatic rings. The van der Waals surface area contributed by atoms with Crippen molar-refractivity contribution in [3.63, 3.8) is 0 Å². The van der Waals surface area contributed by atoms with E-state index in [0.717, 1.165) is 0 Å². The van der Waals surface area contributed by atoms with Crippen LogP contribution in [-0.2, 0) is 52.6 Å².